The number of carbonyl (C=O) groups excluding carboxylic acids is 1. The number of hydrogen-bond acceptors (Lipinski definition) is 4. The maximum Gasteiger partial charge on any atom is 0.240 e. The highest BCUT2D eigenvalue weighted by atomic mass is 16.2. The molecule has 0 bridgehead atoms. The molecule has 0 radical (unpaired) electrons. The van der Waals surface area contributed by atoms with E-state index in [1.54, 1.807) is 0 Å². The van der Waals surface area contributed by atoms with Gasteiger partial charge in [0.25, 0.3) is 0 Å². The number of carbonyl (C=O) groups is 1. The molecule has 1 fully saturated rings. The lowest BCUT2D eigenvalue weighted by atomic mass is 9.94. The van der Waals surface area contributed by atoms with Gasteiger partial charge >= 0.3 is 0 Å². The van der Waals surface area contributed by atoms with Crippen molar-refractivity contribution in [3.63, 3.8) is 0 Å². The first-order valence-electron chi connectivity index (χ1n) is 7.82. The molecule has 4 rings (SSSR count). The smallest absolute Gasteiger partial charge is 0.240 e. The Hall–Kier alpha value is -2.37. The fourth-order valence-corrected chi connectivity index (χ4v) is 3.24. The van der Waals surface area contributed by atoms with Crippen LogP contribution in [0.1, 0.15) is 31.7 Å². The highest BCUT2D eigenvalue weighted by Gasteiger charge is 2.22. The fourth-order valence-electron chi connectivity index (χ4n) is 3.24. The minimum atomic E-state index is -0.0183. The first-order chi connectivity index (χ1) is 10.7. The van der Waals surface area contributed by atoms with Crippen LogP contribution in [0.4, 0.5) is 5.95 Å². The summed E-state index contributed by atoms with van der Waals surface area (Å²) < 4.78 is 0. The van der Waals surface area contributed by atoms with E-state index in [1.165, 1.54) is 12.8 Å². The van der Waals surface area contributed by atoms with Gasteiger partial charge in [-0.2, -0.15) is 5.10 Å². The van der Waals surface area contributed by atoms with Crippen molar-refractivity contribution in [1.82, 2.24) is 15.4 Å². The van der Waals surface area contributed by atoms with E-state index in [-0.39, 0.29) is 11.8 Å². The van der Waals surface area contributed by atoms with Gasteiger partial charge in [-0.1, -0.05) is 13.0 Å². The summed E-state index contributed by atoms with van der Waals surface area (Å²) in [6.45, 7) is 4.18. The molecule has 2 N–H and O–H groups in total. The van der Waals surface area contributed by atoms with Crippen LogP contribution in [0.15, 0.2) is 23.3 Å². The van der Waals surface area contributed by atoms with Gasteiger partial charge < -0.3 is 9.88 Å². The highest BCUT2D eigenvalue weighted by Crippen LogP contribution is 2.24. The van der Waals surface area contributed by atoms with Crippen LogP contribution in [0.25, 0.3) is 11.0 Å². The molecule has 1 unspecified atom stereocenters. The molecular weight excluding hydrogens is 278 g/mol. The van der Waals surface area contributed by atoms with Gasteiger partial charge in [0.2, 0.25) is 11.9 Å². The molecule has 6 nitrogen and oxygen atoms in total. The van der Waals surface area contributed by atoms with E-state index in [2.05, 4.69) is 31.5 Å². The van der Waals surface area contributed by atoms with Gasteiger partial charge in [0.05, 0.1) is 16.7 Å². The lowest BCUT2D eigenvalue weighted by molar-refractivity contribution is -0.121. The van der Waals surface area contributed by atoms with Crippen LogP contribution < -0.4 is 10.3 Å². The van der Waals surface area contributed by atoms with Gasteiger partial charge in [0, 0.05) is 31.0 Å². The van der Waals surface area contributed by atoms with Crippen molar-refractivity contribution >= 4 is 28.6 Å². The third kappa shape index (κ3) is 2.24. The van der Waals surface area contributed by atoms with Gasteiger partial charge in [0.15, 0.2) is 0 Å². The maximum atomic E-state index is 11.4. The molecule has 2 aliphatic heterocycles. The van der Waals surface area contributed by atoms with Gasteiger partial charge in [-0.15, -0.1) is 0 Å². The van der Waals surface area contributed by atoms with E-state index >= 15 is 0 Å². The summed E-state index contributed by atoms with van der Waals surface area (Å²) in [4.78, 5) is 21.8. The normalized spacial score (nSPS) is 22.0. The Labute approximate surface area is 128 Å². The number of H-pyrrole nitrogens is 1. The second kappa shape index (κ2) is 5.12. The molecular formula is C16H19N5O. The number of nitrogens with one attached hydrogen (secondary N) is 2. The number of amides is 1. The lowest BCUT2D eigenvalue weighted by Crippen LogP contribution is -2.31. The minimum Gasteiger partial charge on any atom is -0.342 e. The first-order valence-corrected chi connectivity index (χ1v) is 7.82. The van der Waals surface area contributed by atoms with Crippen LogP contribution in [0.3, 0.4) is 0 Å². The summed E-state index contributed by atoms with van der Waals surface area (Å²) >= 11 is 0. The van der Waals surface area contributed by atoms with Crippen LogP contribution in [0.5, 0.6) is 0 Å². The minimum absolute atomic E-state index is 0.0183. The number of imidazole rings is 1. The molecule has 0 aliphatic carbocycles. The summed E-state index contributed by atoms with van der Waals surface area (Å²) in [5, 5.41) is 4.23. The van der Waals surface area contributed by atoms with Gasteiger partial charge in [0.1, 0.15) is 0 Å². The average Bonchev–Trinajstić information content (AvgIpc) is 3.15. The Morgan fingerprint density at radius 2 is 2.09 bits per heavy atom. The monoisotopic (exact) mass is 297 g/mol. The number of rotatable bonds is 2. The fraction of sp³-hybridized carbons (Fsp3) is 0.438. The van der Waals surface area contributed by atoms with Crippen molar-refractivity contribution in [2.24, 2.45) is 11.0 Å². The molecule has 1 aromatic heterocycles. The summed E-state index contributed by atoms with van der Waals surface area (Å²) in [6.07, 6.45) is 2.95. The molecule has 1 atom stereocenters. The highest BCUT2D eigenvalue weighted by molar-refractivity contribution is 6.07. The zero-order valence-electron chi connectivity index (χ0n) is 12.6. The Balaban J connectivity index is 1.69. The van der Waals surface area contributed by atoms with Crippen molar-refractivity contribution in [2.75, 3.05) is 18.0 Å². The molecule has 6 heteroatoms. The van der Waals surface area contributed by atoms with Gasteiger partial charge in [-0.3, -0.25) is 4.79 Å². The van der Waals surface area contributed by atoms with E-state index in [4.69, 9.17) is 0 Å². The third-order valence-corrected chi connectivity index (χ3v) is 4.43. The van der Waals surface area contributed by atoms with Gasteiger partial charge in [-0.25, -0.2) is 10.4 Å². The van der Waals surface area contributed by atoms with E-state index in [1.807, 2.05) is 19.1 Å². The molecule has 114 valence electrons. The summed E-state index contributed by atoms with van der Waals surface area (Å²) in [7, 11) is 0. The number of hydrogen-bond donors (Lipinski definition) is 2. The standard InChI is InChI=1S/C16H19N5O/c1-10-8-14(22)19-20-15(10)11-4-5-12-13(9-11)18-16(17-12)21-6-2-3-7-21/h4-5,9-10H,2-3,6-8H2,1H3,(H,17,18)(H,19,22). The van der Waals surface area contributed by atoms with Crippen LogP contribution in [0, 0.1) is 5.92 Å². The Kier molecular flexibility index (Phi) is 3.10. The topological polar surface area (TPSA) is 73.4 Å². The number of aromatic amines is 1. The predicted octanol–water partition coefficient (Wildman–Crippen LogP) is 2.02. The second-order valence-corrected chi connectivity index (χ2v) is 6.12. The van der Waals surface area contributed by atoms with E-state index in [0.717, 1.165) is 41.3 Å². The average molecular weight is 297 g/mol. The Morgan fingerprint density at radius 3 is 2.86 bits per heavy atom. The molecule has 0 spiro atoms. The SMILES string of the molecule is CC1CC(=O)NN=C1c1ccc2nc(N3CCCC3)[nH]c2c1. The summed E-state index contributed by atoms with van der Waals surface area (Å²) in [5.41, 5.74) is 6.53. The van der Waals surface area contributed by atoms with Crippen LogP contribution >= 0.6 is 0 Å². The van der Waals surface area contributed by atoms with Gasteiger partial charge in [-0.05, 0) is 25.0 Å². The zero-order valence-corrected chi connectivity index (χ0v) is 12.6. The van der Waals surface area contributed by atoms with Crippen molar-refractivity contribution < 1.29 is 4.79 Å². The Bertz CT molecular complexity index is 757. The van der Waals surface area contributed by atoms with Crippen LogP contribution in [0.2, 0.25) is 0 Å². The number of nitrogens with zero attached hydrogens (tertiary/aromatic N) is 3. The number of aromatic nitrogens is 2. The molecule has 1 aromatic carbocycles. The van der Waals surface area contributed by atoms with E-state index in [9.17, 15) is 4.79 Å². The van der Waals surface area contributed by atoms with Crippen LogP contribution in [-0.2, 0) is 4.79 Å². The van der Waals surface area contributed by atoms with Crippen molar-refractivity contribution in [3.05, 3.63) is 23.8 Å². The number of anilines is 1. The lowest BCUT2D eigenvalue weighted by Gasteiger charge is -2.19. The molecule has 3 heterocycles. The number of fused-ring (bicyclic) bond motifs is 1. The predicted molar refractivity (Wildman–Crippen MR) is 86.0 cm³/mol. The molecule has 2 aromatic rings. The molecule has 1 amide bonds. The van der Waals surface area contributed by atoms with Crippen LogP contribution in [-0.4, -0.2) is 34.7 Å². The molecule has 22 heavy (non-hydrogen) atoms. The van der Waals surface area contributed by atoms with E-state index < -0.39 is 0 Å². The van der Waals surface area contributed by atoms with Crippen molar-refractivity contribution in [1.29, 1.82) is 0 Å². The zero-order chi connectivity index (χ0) is 15.1. The first kappa shape index (κ1) is 13.3. The summed E-state index contributed by atoms with van der Waals surface area (Å²) in [6, 6.07) is 6.13. The molecule has 2 aliphatic rings. The number of hydrazone groups is 1. The maximum absolute atomic E-state index is 11.4. The largest absolute Gasteiger partial charge is 0.342 e. The summed E-state index contributed by atoms with van der Waals surface area (Å²) in [5.74, 6) is 1.07. The quantitative estimate of drug-likeness (QED) is 0.890. The second-order valence-electron chi connectivity index (χ2n) is 6.12. The third-order valence-electron chi connectivity index (χ3n) is 4.43. The number of benzene rings is 1. The van der Waals surface area contributed by atoms with Crippen molar-refractivity contribution in [3.8, 4) is 0 Å². The Morgan fingerprint density at radius 1 is 1.27 bits per heavy atom. The molecule has 0 saturated carbocycles. The van der Waals surface area contributed by atoms with Crippen molar-refractivity contribution in [2.45, 2.75) is 26.2 Å². The van der Waals surface area contributed by atoms with E-state index in [0.29, 0.717) is 6.42 Å². The molecule has 1 saturated heterocycles.